The smallest absolute Gasteiger partial charge is 0.240 e. The minimum absolute atomic E-state index is 0. The minimum Gasteiger partial charge on any atom is -0.504 e. The third-order valence-corrected chi connectivity index (χ3v) is 3.38. The molecule has 1 fully saturated rings. The van der Waals surface area contributed by atoms with E-state index in [1.165, 1.54) is 12.1 Å². The van der Waals surface area contributed by atoms with E-state index in [9.17, 15) is 19.0 Å². The minimum atomic E-state index is -2.41. The number of aromatic hydroxyl groups is 2. The molecule has 0 spiro atoms. The largest absolute Gasteiger partial charge is 0.504 e. The van der Waals surface area contributed by atoms with Crippen LogP contribution in [-0.4, -0.2) is 47.7 Å². The van der Waals surface area contributed by atoms with Crippen LogP contribution in [0, 0.1) is 0 Å². The predicted molar refractivity (Wildman–Crippen MR) is 74.8 cm³/mol. The highest BCUT2D eigenvalue weighted by Crippen LogP contribution is 2.33. The molecular formula is C13H19ClF2N2O2. The Hall–Kier alpha value is -1.11. The number of hydrogen-bond acceptors (Lipinski definition) is 4. The molecule has 0 aromatic heterocycles. The summed E-state index contributed by atoms with van der Waals surface area (Å²) in [6.45, 7) is 2.92. The molecule has 1 atom stereocenters. The van der Waals surface area contributed by atoms with Gasteiger partial charge in [-0.1, -0.05) is 6.07 Å². The molecule has 20 heavy (non-hydrogen) atoms. The van der Waals surface area contributed by atoms with Gasteiger partial charge in [0.05, 0.1) is 0 Å². The van der Waals surface area contributed by atoms with E-state index in [-0.39, 0.29) is 30.3 Å². The summed E-state index contributed by atoms with van der Waals surface area (Å²) in [4.78, 5) is 1.98. The quantitative estimate of drug-likeness (QED) is 0.746. The van der Waals surface area contributed by atoms with E-state index in [2.05, 4.69) is 5.32 Å². The van der Waals surface area contributed by atoms with Crippen molar-refractivity contribution in [3.05, 3.63) is 23.8 Å². The number of rotatable bonds is 4. The van der Waals surface area contributed by atoms with Crippen LogP contribution >= 0.6 is 12.4 Å². The van der Waals surface area contributed by atoms with Gasteiger partial charge >= 0.3 is 0 Å². The van der Waals surface area contributed by atoms with Gasteiger partial charge in [0, 0.05) is 38.6 Å². The molecule has 1 aromatic carbocycles. The monoisotopic (exact) mass is 308 g/mol. The first-order chi connectivity index (χ1) is 9.08. The Labute approximate surface area is 122 Å². The number of nitrogens with one attached hydrogen (secondary N) is 1. The van der Waals surface area contributed by atoms with Gasteiger partial charge in [-0.05, 0) is 17.7 Å². The van der Waals surface area contributed by atoms with Crippen LogP contribution in [0.15, 0.2) is 18.2 Å². The van der Waals surface area contributed by atoms with Gasteiger partial charge in [-0.15, -0.1) is 12.4 Å². The van der Waals surface area contributed by atoms with Crippen molar-refractivity contribution in [2.45, 2.75) is 18.9 Å². The molecule has 0 radical (unpaired) electrons. The highest BCUT2D eigenvalue weighted by molar-refractivity contribution is 5.85. The Morgan fingerprint density at radius 2 is 1.80 bits per heavy atom. The number of alkyl halides is 2. The molecule has 1 aromatic rings. The van der Waals surface area contributed by atoms with E-state index in [0.29, 0.717) is 18.7 Å². The Morgan fingerprint density at radius 3 is 2.35 bits per heavy atom. The van der Waals surface area contributed by atoms with Gasteiger partial charge in [-0.25, -0.2) is 8.78 Å². The summed E-state index contributed by atoms with van der Waals surface area (Å²) in [5.74, 6) is -0.508. The molecule has 0 unspecified atom stereocenters. The van der Waals surface area contributed by atoms with Crippen LogP contribution in [0.3, 0.4) is 0 Å². The van der Waals surface area contributed by atoms with Crippen molar-refractivity contribution in [1.29, 1.82) is 0 Å². The van der Waals surface area contributed by atoms with Crippen LogP contribution in [0.2, 0.25) is 0 Å². The molecule has 1 heterocycles. The van der Waals surface area contributed by atoms with Crippen LogP contribution < -0.4 is 5.32 Å². The second-order valence-corrected chi connectivity index (χ2v) is 4.68. The molecule has 1 aliphatic heterocycles. The third-order valence-electron chi connectivity index (χ3n) is 3.38. The van der Waals surface area contributed by atoms with Crippen LogP contribution in [0.1, 0.15) is 18.0 Å². The summed E-state index contributed by atoms with van der Waals surface area (Å²) >= 11 is 0. The van der Waals surface area contributed by atoms with Gasteiger partial charge in [0.2, 0.25) is 6.43 Å². The van der Waals surface area contributed by atoms with E-state index in [0.717, 1.165) is 13.1 Å². The standard InChI is InChI=1S/C13H18F2N2O2.ClH/c14-13(15)8-10(17-5-3-16-4-6-17)9-1-2-11(18)12(19)7-9;/h1-2,7,10,13,16,18-19H,3-6,8H2;1H/t10-;/m1./s1. The molecule has 0 aliphatic carbocycles. The number of hydrogen-bond donors (Lipinski definition) is 3. The lowest BCUT2D eigenvalue weighted by atomic mass is 10.0. The van der Waals surface area contributed by atoms with Gasteiger partial charge in [0.15, 0.2) is 11.5 Å². The SMILES string of the molecule is Cl.Oc1ccc([C@@H](CC(F)F)N2CCNCC2)cc1O. The summed E-state index contributed by atoms with van der Waals surface area (Å²) in [5.41, 5.74) is 0.609. The zero-order valence-corrected chi connectivity index (χ0v) is 11.7. The lowest BCUT2D eigenvalue weighted by Gasteiger charge is -2.35. The summed E-state index contributed by atoms with van der Waals surface area (Å²) in [5, 5.41) is 22.0. The molecular weight excluding hydrogens is 290 g/mol. The highest BCUT2D eigenvalue weighted by Gasteiger charge is 2.25. The zero-order valence-electron chi connectivity index (χ0n) is 10.9. The summed E-state index contributed by atoms with van der Waals surface area (Å²) in [7, 11) is 0. The molecule has 0 saturated carbocycles. The van der Waals surface area contributed by atoms with Crippen molar-refractivity contribution < 1.29 is 19.0 Å². The second kappa shape index (κ2) is 7.61. The predicted octanol–water partition coefficient (Wildman–Crippen LogP) is 2.12. The van der Waals surface area contributed by atoms with Gasteiger partial charge in [0.25, 0.3) is 0 Å². The summed E-state index contributed by atoms with van der Waals surface area (Å²) in [6.07, 6.45) is -2.68. The number of nitrogens with zero attached hydrogens (tertiary/aromatic N) is 1. The fourth-order valence-corrected chi connectivity index (χ4v) is 2.41. The molecule has 0 amide bonds. The van der Waals surface area contributed by atoms with Gasteiger partial charge in [0.1, 0.15) is 0 Å². The van der Waals surface area contributed by atoms with Gasteiger partial charge < -0.3 is 15.5 Å². The first-order valence-corrected chi connectivity index (χ1v) is 6.32. The lowest BCUT2D eigenvalue weighted by molar-refractivity contribution is 0.0738. The maximum absolute atomic E-state index is 12.8. The first-order valence-electron chi connectivity index (χ1n) is 6.32. The van der Waals surface area contributed by atoms with Crippen LogP contribution in [0.25, 0.3) is 0 Å². The number of phenolic OH excluding ortho intramolecular Hbond substituents is 2. The van der Waals surface area contributed by atoms with Crippen molar-refractivity contribution >= 4 is 12.4 Å². The van der Waals surface area contributed by atoms with Crippen LogP contribution in [0.4, 0.5) is 8.78 Å². The molecule has 2 rings (SSSR count). The second-order valence-electron chi connectivity index (χ2n) is 4.68. The van der Waals surface area contributed by atoms with E-state index in [4.69, 9.17) is 0 Å². The third kappa shape index (κ3) is 4.19. The summed E-state index contributed by atoms with van der Waals surface area (Å²) in [6, 6.07) is 3.86. The zero-order chi connectivity index (χ0) is 13.8. The van der Waals surface area contributed by atoms with Crippen molar-refractivity contribution in [2.24, 2.45) is 0 Å². The van der Waals surface area contributed by atoms with E-state index in [1.807, 2.05) is 4.90 Å². The first kappa shape index (κ1) is 16.9. The normalized spacial score (nSPS) is 17.8. The molecule has 3 N–H and O–H groups in total. The number of piperazine rings is 1. The number of phenols is 2. The Bertz CT molecular complexity index is 429. The topological polar surface area (TPSA) is 55.7 Å². The number of benzene rings is 1. The van der Waals surface area contributed by atoms with Crippen LogP contribution in [0.5, 0.6) is 11.5 Å². The van der Waals surface area contributed by atoms with Crippen molar-refractivity contribution in [2.75, 3.05) is 26.2 Å². The van der Waals surface area contributed by atoms with Crippen molar-refractivity contribution in [1.82, 2.24) is 10.2 Å². The molecule has 0 bridgehead atoms. The van der Waals surface area contributed by atoms with Crippen molar-refractivity contribution in [3.63, 3.8) is 0 Å². The summed E-state index contributed by atoms with van der Waals surface area (Å²) < 4.78 is 25.5. The molecule has 7 heteroatoms. The van der Waals surface area contributed by atoms with Crippen molar-refractivity contribution in [3.8, 4) is 11.5 Å². The molecule has 1 aliphatic rings. The average Bonchev–Trinajstić information content (AvgIpc) is 2.40. The molecule has 114 valence electrons. The Morgan fingerprint density at radius 1 is 1.15 bits per heavy atom. The fraction of sp³-hybridized carbons (Fsp3) is 0.538. The molecule has 4 nitrogen and oxygen atoms in total. The Kier molecular flexibility index (Phi) is 6.45. The molecule has 1 saturated heterocycles. The maximum atomic E-state index is 12.8. The van der Waals surface area contributed by atoms with E-state index in [1.54, 1.807) is 6.07 Å². The van der Waals surface area contributed by atoms with E-state index < -0.39 is 12.5 Å². The fourth-order valence-electron chi connectivity index (χ4n) is 2.41. The van der Waals surface area contributed by atoms with Crippen LogP contribution in [-0.2, 0) is 0 Å². The average molecular weight is 309 g/mol. The van der Waals surface area contributed by atoms with Gasteiger partial charge in [-0.3, -0.25) is 4.90 Å². The van der Waals surface area contributed by atoms with E-state index >= 15 is 0 Å². The maximum Gasteiger partial charge on any atom is 0.240 e. The Balaban J connectivity index is 0.00000200. The highest BCUT2D eigenvalue weighted by atomic mass is 35.5. The number of halogens is 3. The van der Waals surface area contributed by atoms with Gasteiger partial charge in [-0.2, -0.15) is 0 Å². The lowest BCUT2D eigenvalue weighted by Crippen LogP contribution is -2.45.